The van der Waals surface area contributed by atoms with Crippen LogP contribution in [0.25, 0.3) is 6.08 Å². The fourth-order valence-electron chi connectivity index (χ4n) is 2.21. The number of carbonyl (C=O) groups is 1. The van der Waals surface area contributed by atoms with Crippen LogP contribution in [0.5, 0.6) is 0 Å². The van der Waals surface area contributed by atoms with Gasteiger partial charge in [-0.05, 0) is 43.3 Å². The summed E-state index contributed by atoms with van der Waals surface area (Å²) >= 11 is 3.30. The molecule has 0 fully saturated rings. The molecule has 1 aliphatic rings. The number of halogens is 2. The molecule has 110 valence electrons. The molecule has 0 bridgehead atoms. The minimum Gasteiger partial charge on any atom is -0.267 e. The van der Waals surface area contributed by atoms with Crippen LogP contribution < -0.4 is 5.01 Å². The molecular weight excluding hydrogens is 347 g/mol. The fraction of sp³-hybridized carbons (Fsp3) is 0.0588. The summed E-state index contributed by atoms with van der Waals surface area (Å²) in [4.78, 5) is 12.5. The average molecular weight is 359 g/mol. The molecular formula is C17H12BrFN2O. The summed E-state index contributed by atoms with van der Waals surface area (Å²) in [7, 11) is 0. The van der Waals surface area contributed by atoms with Gasteiger partial charge in [0.25, 0.3) is 5.91 Å². The number of rotatable bonds is 2. The van der Waals surface area contributed by atoms with Gasteiger partial charge < -0.3 is 0 Å². The van der Waals surface area contributed by atoms with Gasteiger partial charge in [0.05, 0.1) is 17.0 Å². The van der Waals surface area contributed by atoms with E-state index in [4.69, 9.17) is 0 Å². The molecule has 1 amide bonds. The van der Waals surface area contributed by atoms with Gasteiger partial charge in [-0.25, -0.2) is 4.39 Å². The lowest BCUT2D eigenvalue weighted by atomic mass is 10.1. The quantitative estimate of drug-likeness (QED) is 0.732. The lowest BCUT2D eigenvalue weighted by molar-refractivity contribution is -0.114. The second kappa shape index (κ2) is 5.85. The first-order chi connectivity index (χ1) is 10.6. The molecule has 0 saturated heterocycles. The minimum absolute atomic E-state index is 0.261. The van der Waals surface area contributed by atoms with Crippen molar-refractivity contribution in [1.29, 1.82) is 0 Å². The van der Waals surface area contributed by atoms with E-state index in [1.54, 1.807) is 31.2 Å². The highest BCUT2D eigenvalue weighted by Crippen LogP contribution is 2.26. The Balaban J connectivity index is 2.00. The third-order valence-corrected chi connectivity index (χ3v) is 3.81. The third kappa shape index (κ3) is 2.72. The summed E-state index contributed by atoms with van der Waals surface area (Å²) in [6.45, 7) is 1.74. The van der Waals surface area contributed by atoms with Crippen LogP contribution in [-0.2, 0) is 4.79 Å². The van der Waals surface area contributed by atoms with Crippen LogP contribution in [0.3, 0.4) is 0 Å². The predicted molar refractivity (Wildman–Crippen MR) is 89.1 cm³/mol. The van der Waals surface area contributed by atoms with Crippen molar-refractivity contribution in [3.05, 3.63) is 70.0 Å². The van der Waals surface area contributed by atoms with E-state index in [2.05, 4.69) is 21.0 Å². The topological polar surface area (TPSA) is 32.7 Å². The van der Waals surface area contributed by atoms with Crippen molar-refractivity contribution >= 4 is 39.3 Å². The highest BCUT2D eigenvalue weighted by Gasteiger charge is 2.28. The molecule has 0 radical (unpaired) electrons. The van der Waals surface area contributed by atoms with Gasteiger partial charge in [-0.3, -0.25) is 4.79 Å². The van der Waals surface area contributed by atoms with E-state index in [0.717, 1.165) is 4.47 Å². The van der Waals surface area contributed by atoms with Gasteiger partial charge in [-0.2, -0.15) is 10.1 Å². The molecule has 1 heterocycles. The number of hydrogen-bond acceptors (Lipinski definition) is 2. The number of carbonyl (C=O) groups excluding carboxylic acids is 1. The SMILES string of the molecule is CC1=NN(c2ccccc2)C(=O)/C1=C/c1cc(Br)ccc1F. The maximum atomic E-state index is 13.9. The normalized spacial score (nSPS) is 16.3. The average Bonchev–Trinajstić information content (AvgIpc) is 2.80. The minimum atomic E-state index is -0.380. The Morgan fingerprint density at radius 2 is 1.91 bits per heavy atom. The van der Waals surface area contributed by atoms with Gasteiger partial charge in [-0.1, -0.05) is 34.1 Å². The standard InChI is InChI=1S/C17H12BrFN2O/c1-11-15(10-12-9-13(18)7-8-16(12)19)17(22)21(20-11)14-5-3-2-4-6-14/h2-10H,1H3/b15-10+. The number of nitrogens with zero attached hydrogens (tertiary/aromatic N) is 2. The number of hydrogen-bond donors (Lipinski definition) is 0. The van der Waals surface area contributed by atoms with E-state index in [1.165, 1.54) is 17.2 Å². The molecule has 0 saturated carbocycles. The Bertz CT molecular complexity index is 800. The molecule has 0 atom stereocenters. The maximum Gasteiger partial charge on any atom is 0.280 e. The zero-order valence-electron chi connectivity index (χ0n) is 11.8. The van der Waals surface area contributed by atoms with Crippen molar-refractivity contribution in [2.24, 2.45) is 5.10 Å². The van der Waals surface area contributed by atoms with Crippen molar-refractivity contribution in [3.8, 4) is 0 Å². The molecule has 0 aromatic heterocycles. The summed E-state index contributed by atoms with van der Waals surface area (Å²) in [6, 6.07) is 13.8. The van der Waals surface area contributed by atoms with Crippen LogP contribution in [0.4, 0.5) is 10.1 Å². The second-order valence-electron chi connectivity index (χ2n) is 4.86. The van der Waals surface area contributed by atoms with Gasteiger partial charge in [0.2, 0.25) is 0 Å². The van der Waals surface area contributed by atoms with Crippen LogP contribution in [-0.4, -0.2) is 11.6 Å². The van der Waals surface area contributed by atoms with Crippen molar-refractivity contribution in [1.82, 2.24) is 0 Å². The molecule has 3 nitrogen and oxygen atoms in total. The third-order valence-electron chi connectivity index (χ3n) is 3.32. The van der Waals surface area contributed by atoms with Gasteiger partial charge >= 0.3 is 0 Å². The Kier molecular flexibility index (Phi) is 3.90. The van der Waals surface area contributed by atoms with E-state index < -0.39 is 0 Å². The first kappa shape index (κ1) is 14.7. The highest BCUT2D eigenvalue weighted by atomic mass is 79.9. The largest absolute Gasteiger partial charge is 0.280 e. The van der Waals surface area contributed by atoms with Crippen molar-refractivity contribution in [3.63, 3.8) is 0 Å². The molecule has 0 aliphatic carbocycles. The first-order valence-electron chi connectivity index (χ1n) is 6.68. The van der Waals surface area contributed by atoms with Crippen LogP contribution in [0.2, 0.25) is 0 Å². The fourth-order valence-corrected chi connectivity index (χ4v) is 2.59. The summed E-state index contributed by atoms with van der Waals surface area (Å²) in [5, 5.41) is 5.60. The molecule has 2 aromatic rings. The smallest absolute Gasteiger partial charge is 0.267 e. The van der Waals surface area contributed by atoms with Gasteiger partial charge in [0.1, 0.15) is 5.82 Å². The summed E-state index contributed by atoms with van der Waals surface area (Å²) < 4.78 is 14.6. The molecule has 0 N–H and O–H groups in total. The van der Waals surface area contributed by atoms with Crippen molar-refractivity contribution < 1.29 is 9.18 Å². The van der Waals surface area contributed by atoms with E-state index in [9.17, 15) is 9.18 Å². The zero-order valence-corrected chi connectivity index (χ0v) is 13.3. The Morgan fingerprint density at radius 1 is 1.18 bits per heavy atom. The number of para-hydroxylation sites is 1. The molecule has 0 spiro atoms. The molecule has 5 heteroatoms. The maximum absolute atomic E-state index is 13.9. The second-order valence-corrected chi connectivity index (χ2v) is 5.78. The van der Waals surface area contributed by atoms with Crippen molar-refractivity contribution in [2.45, 2.75) is 6.92 Å². The monoisotopic (exact) mass is 358 g/mol. The van der Waals surface area contributed by atoms with Gasteiger partial charge in [-0.15, -0.1) is 0 Å². The van der Waals surface area contributed by atoms with Crippen LogP contribution in [0.1, 0.15) is 12.5 Å². The Morgan fingerprint density at radius 3 is 2.64 bits per heavy atom. The Labute approximate surface area is 135 Å². The lowest BCUT2D eigenvalue weighted by Gasteiger charge is -2.11. The van der Waals surface area contributed by atoms with Crippen molar-refractivity contribution in [2.75, 3.05) is 5.01 Å². The molecule has 2 aromatic carbocycles. The highest BCUT2D eigenvalue weighted by molar-refractivity contribution is 9.10. The zero-order chi connectivity index (χ0) is 15.7. The predicted octanol–water partition coefficient (Wildman–Crippen LogP) is 4.39. The van der Waals surface area contributed by atoms with Crippen LogP contribution in [0, 0.1) is 5.82 Å². The van der Waals surface area contributed by atoms with Gasteiger partial charge in [0, 0.05) is 10.0 Å². The number of anilines is 1. The lowest BCUT2D eigenvalue weighted by Crippen LogP contribution is -2.21. The summed E-state index contributed by atoms with van der Waals surface area (Å²) in [5.74, 6) is -0.641. The van der Waals surface area contributed by atoms with Crippen LogP contribution >= 0.6 is 15.9 Å². The molecule has 3 rings (SSSR count). The van der Waals surface area contributed by atoms with E-state index >= 15 is 0 Å². The van der Waals surface area contributed by atoms with E-state index in [1.807, 2.05) is 18.2 Å². The Hall–Kier alpha value is -2.27. The molecule has 0 unspecified atom stereocenters. The van der Waals surface area contributed by atoms with Gasteiger partial charge in [0.15, 0.2) is 0 Å². The van der Waals surface area contributed by atoms with Crippen LogP contribution in [0.15, 0.2) is 63.7 Å². The number of benzene rings is 2. The molecule has 1 aliphatic heterocycles. The van der Waals surface area contributed by atoms with E-state index in [-0.39, 0.29) is 11.7 Å². The summed E-state index contributed by atoms with van der Waals surface area (Å²) in [5.41, 5.74) is 1.99. The van der Waals surface area contributed by atoms with E-state index in [0.29, 0.717) is 22.5 Å². The number of amides is 1. The molecule has 22 heavy (non-hydrogen) atoms. The first-order valence-corrected chi connectivity index (χ1v) is 7.47. The number of hydrazone groups is 1. The summed E-state index contributed by atoms with van der Waals surface area (Å²) in [6.07, 6.45) is 1.53.